The number of carbonyl (C=O) groups is 1. The van der Waals surface area contributed by atoms with Gasteiger partial charge in [-0.05, 0) is 43.2 Å². The standard InChI is InChI=1S/C21H21FN2O2/c1-3-26-13-16-6-4-15(5-7-16)12-23-21(25)19-10-14(2)24-20-11-17(22)8-9-18(19)20/h4-11H,3,12-13H2,1-2H3,(H,23,25). The first-order valence-corrected chi connectivity index (χ1v) is 8.57. The number of fused-ring (bicyclic) bond motifs is 1. The minimum Gasteiger partial charge on any atom is -0.377 e. The fraction of sp³-hybridized carbons (Fsp3) is 0.238. The van der Waals surface area contributed by atoms with E-state index in [0.717, 1.165) is 11.1 Å². The highest BCUT2D eigenvalue weighted by Gasteiger charge is 2.12. The Morgan fingerprint density at radius 3 is 2.58 bits per heavy atom. The third-order valence-corrected chi connectivity index (χ3v) is 4.09. The van der Waals surface area contributed by atoms with E-state index in [1.165, 1.54) is 12.1 Å². The number of aromatic nitrogens is 1. The van der Waals surface area contributed by atoms with Gasteiger partial charge in [-0.3, -0.25) is 9.78 Å². The average Bonchev–Trinajstić information content (AvgIpc) is 2.64. The van der Waals surface area contributed by atoms with Crippen molar-refractivity contribution in [2.75, 3.05) is 6.61 Å². The SMILES string of the molecule is CCOCc1ccc(CNC(=O)c2cc(C)nc3cc(F)ccc23)cc1. The van der Waals surface area contributed by atoms with Gasteiger partial charge in [-0.1, -0.05) is 24.3 Å². The summed E-state index contributed by atoms with van der Waals surface area (Å²) in [4.78, 5) is 16.9. The van der Waals surface area contributed by atoms with E-state index in [9.17, 15) is 9.18 Å². The number of nitrogens with zero attached hydrogens (tertiary/aromatic N) is 1. The number of carbonyl (C=O) groups excluding carboxylic acids is 1. The van der Waals surface area contributed by atoms with Gasteiger partial charge in [0.1, 0.15) is 5.82 Å². The largest absolute Gasteiger partial charge is 0.377 e. The highest BCUT2D eigenvalue weighted by molar-refractivity contribution is 6.06. The second-order valence-electron chi connectivity index (χ2n) is 6.11. The summed E-state index contributed by atoms with van der Waals surface area (Å²) in [6.45, 7) is 5.43. The second-order valence-corrected chi connectivity index (χ2v) is 6.11. The maximum atomic E-state index is 13.4. The normalized spacial score (nSPS) is 10.9. The molecule has 0 saturated heterocycles. The summed E-state index contributed by atoms with van der Waals surface area (Å²) in [7, 11) is 0. The monoisotopic (exact) mass is 352 g/mol. The molecule has 0 radical (unpaired) electrons. The minimum atomic E-state index is -0.367. The molecule has 1 aromatic heterocycles. The molecule has 0 saturated carbocycles. The fourth-order valence-electron chi connectivity index (χ4n) is 2.77. The summed E-state index contributed by atoms with van der Waals surface area (Å²) < 4.78 is 18.8. The first-order valence-electron chi connectivity index (χ1n) is 8.57. The van der Waals surface area contributed by atoms with Crippen LogP contribution in [0.5, 0.6) is 0 Å². The van der Waals surface area contributed by atoms with Crippen molar-refractivity contribution in [2.24, 2.45) is 0 Å². The second kappa shape index (κ2) is 8.06. The van der Waals surface area contributed by atoms with Crippen LogP contribution < -0.4 is 5.32 Å². The molecule has 134 valence electrons. The molecule has 0 bridgehead atoms. The number of hydrogen-bond donors (Lipinski definition) is 1. The van der Waals surface area contributed by atoms with Crippen LogP contribution in [-0.4, -0.2) is 17.5 Å². The maximum Gasteiger partial charge on any atom is 0.252 e. The van der Waals surface area contributed by atoms with Gasteiger partial charge < -0.3 is 10.1 Å². The first-order chi connectivity index (χ1) is 12.6. The molecular formula is C21H21FN2O2. The molecule has 3 aromatic rings. The van der Waals surface area contributed by atoms with Gasteiger partial charge in [0.2, 0.25) is 0 Å². The summed E-state index contributed by atoms with van der Waals surface area (Å²) in [5, 5.41) is 3.56. The average molecular weight is 352 g/mol. The van der Waals surface area contributed by atoms with Crippen LogP contribution in [0.3, 0.4) is 0 Å². The lowest BCUT2D eigenvalue weighted by Crippen LogP contribution is -2.23. The van der Waals surface area contributed by atoms with E-state index >= 15 is 0 Å². The number of aryl methyl sites for hydroxylation is 1. The van der Waals surface area contributed by atoms with Gasteiger partial charge in [-0.2, -0.15) is 0 Å². The molecule has 0 aliphatic heterocycles. The third kappa shape index (κ3) is 4.24. The van der Waals surface area contributed by atoms with Crippen LogP contribution in [0.15, 0.2) is 48.5 Å². The van der Waals surface area contributed by atoms with Gasteiger partial charge >= 0.3 is 0 Å². The quantitative estimate of drug-likeness (QED) is 0.725. The first kappa shape index (κ1) is 18.0. The van der Waals surface area contributed by atoms with Crippen LogP contribution in [0.4, 0.5) is 4.39 Å². The number of rotatable bonds is 6. The van der Waals surface area contributed by atoms with Crippen molar-refractivity contribution < 1.29 is 13.9 Å². The zero-order chi connectivity index (χ0) is 18.5. The smallest absolute Gasteiger partial charge is 0.252 e. The maximum absolute atomic E-state index is 13.4. The summed E-state index contributed by atoms with van der Waals surface area (Å²) in [5.74, 6) is -0.570. The summed E-state index contributed by atoms with van der Waals surface area (Å²) in [6.07, 6.45) is 0. The summed E-state index contributed by atoms with van der Waals surface area (Å²) >= 11 is 0. The van der Waals surface area contributed by atoms with Crippen LogP contribution in [0, 0.1) is 12.7 Å². The Morgan fingerprint density at radius 2 is 1.85 bits per heavy atom. The molecule has 0 fully saturated rings. The van der Waals surface area contributed by atoms with E-state index in [2.05, 4.69) is 10.3 Å². The Kier molecular flexibility index (Phi) is 5.58. The molecule has 4 nitrogen and oxygen atoms in total. The van der Waals surface area contributed by atoms with Gasteiger partial charge in [0, 0.05) is 30.3 Å². The van der Waals surface area contributed by atoms with Gasteiger partial charge in [0.25, 0.3) is 5.91 Å². The molecular weight excluding hydrogens is 331 g/mol. The third-order valence-electron chi connectivity index (χ3n) is 4.09. The molecule has 2 aromatic carbocycles. The van der Waals surface area contributed by atoms with Crippen molar-refractivity contribution in [1.82, 2.24) is 10.3 Å². The van der Waals surface area contributed by atoms with Crippen molar-refractivity contribution in [3.63, 3.8) is 0 Å². The number of pyridine rings is 1. The Hall–Kier alpha value is -2.79. The molecule has 0 atom stereocenters. The van der Waals surface area contributed by atoms with Gasteiger partial charge in [0.05, 0.1) is 17.7 Å². The van der Waals surface area contributed by atoms with E-state index in [-0.39, 0.29) is 11.7 Å². The van der Waals surface area contributed by atoms with Crippen LogP contribution in [0.2, 0.25) is 0 Å². The van der Waals surface area contributed by atoms with Gasteiger partial charge in [-0.25, -0.2) is 4.39 Å². The van der Waals surface area contributed by atoms with E-state index in [4.69, 9.17) is 4.74 Å². The number of amides is 1. The van der Waals surface area contributed by atoms with Crippen molar-refractivity contribution >= 4 is 16.8 Å². The van der Waals surface area contributed by atoms with Crippen molar-refractivity contribution in [3.05, 3.63) is 76.7 Å². The number of nitrogens with one attached hydrogen (secondary N) is 1. The van der Waals surface area contributed by atoms with E-state index in [1.807, 2.05) is 31.2 Å². The molecule has 1 heterocycles. The zero-order valence-electron chi connectivity index (χ0n) is 14.9. The van der Waals surface area contributed by atoms with Crippen LogP contribution in [0.25, 0.3) is 10.9 Å². The summed E-state index contributed by atoms with van der Waals surface area (Å²) in [5.41, 5.74) is 3.75. The minimum absolute atomic E-state index is 0.203. The Morgan fingerprint density at radius 1 is 1.12 bits per heavy atom. The molecule has 0 aliphatic rings. The lowest BCUT2D eigenvalue weighted by atomic mass is 10.1. The molecule has 0 unspecified atom stereocenters. The molecule has 0 spiro atoms. The molecule has 5 heteroatoms. The fourth-order valence-corrected chi connectivity index (χ4v) is 2.77. The topological polar surface area (TPSA) is 51.2 Å². The number of hydrogen-bond acceptors (Lipinski definition) is 3. The molecule has 0 aliphatic carbocycles. The van der Waals surface area contributed by atoms with Crippen molar-refractivity contribution in [3.8, 4) is 0 Å². The Balaban J connectivity index is 1.73. The summed E-state index contributed by atoms with van der Waals surface area (Å²) in [6, 6.07) is 13.9. The van der Waals surface area contributed by atoms with Crippen LogP contribution >= 0.6 is 0 Å². The van der Waals surface area contributed by atoms with Crippen molar-refractivity contribution in [2.45, 2.75) is 27.0 Å². The molecule has 1 amide bonds. The highest BCUT2D eigenvalue weighted by Crippen LogP contribution is 2.19. The highest BCUT2D eigenvalue weighted by atomic mass is 19.1. The van der Waals surface area contributed by atoms with Crippen molar-refractivity contribution in [1.29, 1.82) is 0 Å². The zero-order valence-corrected chi connectivity index (χ0v) is 14.9. The molecule has 1 N–H and O–H groups in total. The van der Waals surface area contributed by atoms with E-state index < -0.39 is 0 Å². The van der Waals surface area contributed by atoms with E-state index in [0.29, 0.717) is 41.9 Å². The lowest BCUT2D eigenvalue weighted by molar-refractivity contribution is 0.0952. The number of benzene rings is 2. The Labute approximate surface area is 152 Å². The van der Waals surface area contributed by atoms with Gasteiger partial charge in [0.15, 0.2) is 0 Å². The predicted octanol–water partition coefficient (Wildman–Crippen LogP) is 4.15. The molecule has 3 rings (SSSR count). The predicted molar refractivity (Wildman–Crippen MR) is 99.4 cm³/mol. The Bertz CT molecular complexity index is 918. The van der Waals surface area contributed by atoms with Crippen LogP contribution in [-0.2, 0) is 17.9 Å². The number of ether oxygens (including phenoxy) is 1. The number of halogens is 1. The molecule has 26 heavy (non-hydrogen) atoms. The lowest BCUT2D eigenvalue weighted by Gasteiger charge is -2.10. The van der Waals surface area contributed by atoms with Crippen LogP contribution in [0.1, 0.15) is 34.1 Å². The van der Waals surface area contributed by atoms with E-state index in [1.54, 1.807) is 19.1 Å². The van der Waals surface area contributed by atoms with Gasteiger partial charge in [-0.15, -0.1) is 0 Å².